The van der Waals surface area contributed by atoms with E-state index in [1.165, 1.54) is 4.68 Å². The van der Waals surface area contributed by atoms with E-state index in [1.54, 1.807) is 0 Å². The third-order valence-electron chi connectivity index (χ3n) is 5.44. The lowest BCUT2D eigenvalue weighted by atomic mass is 9.95. The van der Waals surface area contributed by atoms with E-state index in [2.05, 4.69) is 10.4 Å². The largest absolute Gasteiger partial charge is 0.322 e. The van der Waals surface area contributed by atoms with Crippen LogP contribution in [0.3, 0.4) is 0 Å². The number of nitrogens with one attached hydrogen (secondary N) is 1. The highest BCUT2D eigenvalue weighted by atomic mass is 16.2. The van der Waals surface area contributed by atoms with Gasteiger partial charge in [-0.3, -0.25) is 9.59 Å². The molecule has 1 N–H and O–H groups in total. The lowest BCUT2D eigenvalue weighted by Crippen LogP contribution is -2.32. The van der Waals surface area contributed by atoms with Crippen molar-refractivity contribution in [1.82, 2.24) is 9.78 Å². The van der Waals surface area contributed by atoms with E-state index in [1.807, 2.05) is 98.8 Å². The molecule has 4 rings (SSSR count). The molecule has 1 heterocycles. The molecule has 160 valence electrons. The number of benzene rings is 3. The van der Waals surface area contributed by atoms with Crippen molar-refractivity contribution in [2.75, 3.05) is 5.32 Å². The van der Waals surface area contributed by atoms with E-state index in [4.69, 9.17) is 0 Å². The van der Waals surface area contributed by atoms with Crippen molar-refractivity contribution in [3.05, 3.63) is 106 Å². The Morgan fingerprint density at radius 2 is 1.44 bits per heavy atom. The second-order valence-corrected chi connectivity index (χ2v) is 7.42. The molecular formula is C27H25N3O2. The van der Waals surface area contributed by atoms with Gasteiger partial charge in [0.25, 0.3) is 11.5 Å². The average Bonchev–Trinajstić information content (AvgIpc) is 2.85. The summed E-state index contributed by atoms with van der Waals surface area (Å²) in [5.41, 5.74) is 4.17. The first kappa shape index (κ1) is 21.2. The topological polar surface area (TPSA) is 64.0 Å². The van der Waals surface area contributed by atoms with Gasteiger partial charge in [-0.25, -0.2) is 4.68 Å². The van der Waals surface area contributed by atoms with Gasteiger partial charge in [0.2, 0.25) is 0 Å². The van der Waals surface area contributed by atoms with Crippen LogP contribution in [0.5, 0.6) is 0 Å². The second kappa shape index (κ2) is 9.43. The van der Waals surface area contributed by atoms with Crippen LogP contribution in [0.4, 0.5) is 5.69 Å². The number of anilines is 1. The number of hydrogen-bond donors (Lipinski definition) is 1. The second-order valence-electron chi connectivity index (χ2n) is 7.42. The fourth-order valence-corrected chi connectivity index (χ4v) is 3.81. The summed E-state index contributed by atoms with van der Waals surface area (Å²) < 4.78 is 1.36. The number of amides is 1. The van der Waals surface area contributed by atoms with E-state index in [0.29, 0.717) is 23.5 Å². The molecule has 0 unspecified atom stereocenters. The molecule has 1 aromatic heterocycles. The summed E-state index contributed by atoms with van der Waals surface area (Å²) in [6, 6.07) is 26.8. The monoisotopic (exact) mass is 423 g/mol. The summed E-state index contributed by atoms with van der Waals surface area (Å²) >= 11 is 0. The van der Waals surface area contributed by atoms with E-state index in [0.717, 1.165) is 23.1 Å². The van der Waals surface area contributed by atoms with Crippen molar-refractivity contribution >= 4 is 11.6 Å². The highest BCUT2D eigenvalue weighted by Crippen LogP contribution is 2.32. The summed E-state index contributed by atoms with van der Waals surface area (Å²) in [7, 11) is 0. The van der Waals surface area contributed by atoms with Crippen LogP contribution >= 0.6 is 0 Å². The molecule has 32 heavy (non-hydrogen) atoms. The lowest BCUT2D eigenvalue weighted by Gasteiger charge is -2.17. The molecule has 0 saturated heterocycles. The van der Waals surface area contributed by atoms with Gasteiger partial charge in [0, 0.05) is 23.4 Å². The fraction of sp³-hybridized carbons (Fsp3) is 0.148. The van der Waals surface area contributed by atoms with Gasteiger partial charge >= 0.3 is 0 Å². The number of carbonyl (C=O) groups is 1. The van der Waals surface area contributed by atoms with Crippen molar-refractivity contribution in [3.63, 3.8) is 0 Å². The zero-order valence-corrected chi connectivity index (χ0v) is 18.2. The number of aryl methyl sites for hydroxylation is 2. The SMILES string of the molecule is CCc1ccccc1NC(=O)c1c(-c2ccccc2)c(-c2ccccc2)nn(CC)c1=O. The Kier molecular flexibility index (Phi) is 6.26. The van der Waals surface area contributed by atoms with Crippen LogP contribution < -0.4 is 10.9 Å². The van der Waals surface area contributed by atoms with E-state index in [-0.39, 0.29) is 5.56 Å². The number of hydrogen-bond acceptors (Lipinski definition) is 3. The first-order valence-corrected chi connectivity index (χ1v) is 10.8. The van der Waals surface area contributed by atoms with Gasteiger partial charge in [-0.05, 0) is 30.5 Å². The molecule has 5 nitrogen and oxygen atoms in total. The van der Waals surface area contributed by atoms with Crippen LogP contribution in [0, 0.1) is 0 Å². The first-order chi connectivity index (χ1) is 15.6. The van der Waals surface area contributed by atoms with Gasteiger partial charge in [0.15, 0.2) is 0 Å². The van der Waals surface area contributed by atoms with Gasteiger partial charge in [-0.15, -0.1) is 0 Å². The maximum atomic E-state index is 13.6. The van der Waals surface area contributed by atoms with Gasteiger partial charge in [-0.2, -0.15) is 5.10 Å². The fourth-order valence-electron chi connectivity index (χ4n) is 3.81. The van der Waals surface area contributed by atoms with Crippen LogP contribution in [0.1, 0.15) is 29.8 Å². The minimum absolute atomic E-state index is 0.0952. The normalized spacial score (nSPS) is 10.7. The molecule has 1 amide bonds. The molecule has 0 saturated carbocycles. The van der Waals surface area contributed by atoms with Gasteiger partial charge in [-0.1, -0.05) is 85.8 Å². The maximum Gasteiger partial charge on any atom is 0.280 e. The Balaban J connectivity index is 1.98. The van der Waals surface area contributed by atoms with Crippen molar-refractivity contribution in [1.29, 1.82) is 0 Å². The molecule has 0 bridgehead atoms. The molecule has 0 aliphatic heterocycles. The summed E-state index contributed by atoms with van der Waals surface area (Å²) in [5, 5.41) is 7.62. The summed E-state index contributed by atoms with van der Waals surface area (Å²) in [6.45, 7) is 4.24. The van der Waals surface area contributed by atoms with Crippen molar-refractivity contribution < 1.29 is 4.79 Å². The van der Waals surface area contributed by atoms with Crippen LogP contribution in [0.2, 0.25) is 0 Å². The van der Waals surface area contributed by atoms with Crippen molar-refractivity contribution in [3.8, 4) is 22.4 Å². The molecule has 0 aliphatic carbocycles. The maximum absolute atomic E-state index is 13.6. The zero-order valence-electron chi connectivity index (χ0n) is 18.2. The third-order valence-corrected chi connectivity index (χ3v) is 5.44. The number of para-hydroxylation sites is 1. The number of aromatic nitrogens is 2. The number of nitrogens with zero attached hydrogens (tertiary/aromatic N) is 2. The summed E-state index contributed by atoms with van der Waals surface area (Å²) in [6.07, 6.45) is 0.771. The predicted octanol–water partition coefficient (Wildman–Crippen LogP) is 5.41. The predicted molar refractivity (Wildman–Crippen MR) is 129 cm³/mol. The molecule has 4 aromatic rings. The highest BCUT2D eigenvalue weighted by molar-refractivity contribution is 6.10. The zero-order chi connectivity index (χ0) is 22.5. The minimum atomic E-state index is -0.434. The molecule has 0 aliphatic rings. The van der Waals surface area contributed by atoms with E-state index < -0.39 is 11.5 Å². The molecule has 5 heteroatoms. The van der Waals surface area contributed by atoms with Gasteiger partial charge in [0.1, 0.15) is 5.56 Å². The first-order valence-electron chi connectivity index (χ1n) is 10.8. The number of carbonyl (C=O) groups excluding carboxylic acids is 1. The van der Waals surface area contributed by atoms with E-state index in [9.17, 15) is 9.59 Å². The number of rotatable bonds is 6. The van der Waals surface area contributed by atoms with Crippen LogP contribution in [0.15, 0.2) is 89.7 Å². The van der Waals surface area contributed by atoms with Crippen molar-refractivity contribution in [2.45, 2.75) is 26.8 Å². The molecule has 0 spiro atoms. The summed E-state index contributed by atoms with van der Waals surface area (Å²) in [4.78, 5) is 27.0. The molecule has 0 radical (unpaired) electrons. The Morgan fingerprint density at radius 3 is 2.06 bits per heavy atom. The van der Waals surface area contributed by atoms with Crippen molar-refractivity contribution in [2.24, 2.45) is 0 Å². The Labute approximate surface area is 187 Å². The molecular weight excluding hydrogens is 398 g/mol. The molecule has 0 fully saturated rings. The Morgan fingerprint density at radius 1 is 0.844 bits per heavy atom. The van der Waals surface area contributed by atoms with E-state index >= 15 is 0 Å². The van der Waals surface area contributed by atoms with Crippen LogP contribution in [-0.2, 0) is 13.0 Å². The van der Waals surface area contributed by atoms with Gasteiger partial charge < -0.3 is 5.32 Å². The average molecular weight is 424 g/mol. The third kappa shape index (κ3) is 4.10. The van der Waals surface area contributed by atoms with Gasteiger partial charge in [0.05, 0.1) is 5.69 Å². The standard InChI is InChI=1S/C27H25N3O2/c1-3-19-13-11-12-18-22(19)28-26(31)24-23(20-14-7-5-8-15-20)25(21-16-9-6-10-17-21)29-30(4-2)27(24)32/h5-18H,3-4H2,1-2H3,(H,28,31). The van der Waals surface area contributed by atoms with Crippen LogP contribution in [-0.4, -0.2) is 15.7 Å². The molecule has 3 aromatic carbocycles. The smallest absolute Gasteiger partial charge is 0.280 e. The van der Waals surface area contributed by atoms with Crippen LogP contribution in [0.25, 0.3) is 22.4 Å². The minimum Gasteiger partial charge on any atom is -0.322 e. The Bertz CT molecular complexity index is 1300. The lowest BCUT2D eigenvalue weighted by molar-refractivity contribution is 0.102. The Hall–Kier alpha value is -3.99. The highest BCUT2D eigenvalue weighted by Gasteiger charge is 2.25. The quantitative estimate of drug-likeness (QED) is 0.451. The molecule has 0 atom stereocenters. The summed E-state index contributed by atoms with van der Waals surface area (Å²) in [5.74, 6) is -0.434.